The summed E-state index contributed by atoms with van der Waals surface area (Å²) in [5.74, 6) is -0.932. The maximum absolute atomic E-state index is 12.6. The maximum atomic E-state index is 12.6. The van der Waals surface area contributed by atoms with Crippen LogP contribution in [0, 0.1) is 13.8 Å². The third-order valence-electron chi connectivity index (χ3n) is 4.11. The van der Waals surface area contributed by atoms with E-state index in [0.29, 0.717) is 0 Å². The van der Waals surface area contributed by atoms with Crippen molar-refractivity contribution >= 4 is 15.9 Å². The topological polar surface area (TPSA) is 75.3 Å². The normalized spacial score (nSPS) is 13.2. The van der Waals surface area contributed by atoms with Crippen molar-refractivity contribution in [3.8, 4) is 0 Å². The summed E-state index contributed by atoms with van der Waals surface area (Å²) < 4.78 is 64.2. The Kier molecular flexibility index (Phi) is 6.51. The largest absolute Gasteiger partial charge is 0.405 e. The fraction of sp³-hybridized carbons (Fsp3) is 0.316. The van der Waals surface area contributed by atoms with Crippen LogP contribution in [0.4, 0.5) is 13.2 Å². The van der Waals surface area contributed by atoms with Crippen LogP contribution in [0.15, 0.2) is 47.4 Å². The van der Waals surface area contributed by atoms with Gasteiger partial charge < -0.3 is 5.32 Å². The Morgan fingerprint density at radius 2 is 1.68 bits per heavy atom. The molecule has 1 amide bonds. The molecule has 152 valence electrons. The maximum Gasteiger partial charge on any atom is 0.405 e. The van der Waals surface area contributed by atoms with Crippen LogP contribution in [0.5, 0.6) is 0 Å². The first-order valence-corrected chi connectivity index (χ1v) is 9.92. The van der Waals surface area contributed by atoms with Gasteiger partial charge >= 0.3 is 6.18 Å². The van der Waals surface area contributed by atoms with Crippen molar-refractivity contribution < 1.29 is 26.4 Å². The second kappa shape index (κ2) is 8.32. The van der Waals surface area contributed by atoms with E-state index in [1.807, 2.05) is 32.0 Å². The van der Waals surface area contributed by atoms with Crippen LogP contribution in [0.25, 0.3) is 0 Å². The average molecular weight is 414 g/mol. The minimum Gasteiger partial charge on any atom is -0.343 e. The molecule has 0 bridgehead atoms. The number of hydrogen-bond donors (Lipinski definition) is 2. The number of benzene rings is 2. The van der Waals surface area contributed by atoms with Crippen molar-refractivity contribution in [3.63, 3.8) is 0 Å². The molecule has 0 aromatic heterocycles. The zero-order valence-electron chi connectivity index (χ0n) is 15.6. The standard InChI is InChI=1S/C19H21F3N2O3S/c1-12-4-5-13(2)17(10-12)14(3)24-28(26,27)16-8-6-15(7-9-16)18(25)23-11-19(20,21)22/h4-10,14,24H,11H2,1-3H3,(H,23,25). The molecular formula is C19H21F3N2O3S. The van der Waals surface area contributed by atoms with Crippen molar-refractivity contribution in [2.75, 3.05) is 6.54 Å². The third kappa shape index (κ3) is 5.80. The molecule has 9 heteroatoms. The lowest BCUT2D eigenvalue weighted by atomic mass is 10.0. The van der Waals surface area contributed by atoms with Crippen LogP contribution in [0.3, 0.4) is 0 Å². The van der Waals surface area contributed by atoms with Crippen molar-refractivity contribution in [2.24, 2.45) is 0 Å². The van der Waals surface area contributed by atoms with Gasteiger partial charge in [0.15, 0.2) is 0 Å². The van der Waals surface area contributed by atoms with Gasteiger partial charge in [0.05, 0.1) is 4.90 Å². The number of halogens is 3. The number of hydrogen-bond acceptors (Lipinski definition) is 3. The Morgan fingerprint density at radius 3 is 2.25 bits per heavy atom. The predicted octanol–water partition coefficient (Wildman–Crippen LogP) is 3.64. The molecule has 0 saturated heterocycles. The van der Waals surface area contributed by atoms with Crippen LogP contribution < -0.4 is 10.0 Å². The van der Waals surface area contributed by atoms with Gasteiger partial charge in [-0.1, -0.05) is 23.8 Å². The van der Waals surface area contributed by atoms with Gasteiger partial charge in [0.1, 0.15) is 6.54 Å². The van der Waals surface area contributed by atoms with Crippen LogP contribution in [-0.2, 0) is 10.0 Å². The molecule has 0 aliphatic rings. The second-order valence-corrected chi connectivity index (χ2v) is 8.24. The lowest BCUT2D eigenvalue weighted by molar-refractivity contribution is -0.123. The molecule has 28 heavy (non-hydrogen) atoms. The number of alkyl halides is 3. The van der Waals surface area contributed by atoms with Crippen molar-refractivity contribution in [1.29, 1.82) is 0 Å². The molecule has 2 aromatic carbocycles. The van der Waals surface area contributed by atoms with Gasteiger partial charge in [-0.15, -0.1) is 0 Å². The number of rotatable bonds is 6. The predicted molar refractivity (Wildman–Crippen MR) is 99.5 cm³/mol. The van der Waals surface area contributed by atoms with E-state index in [0.717, 1.165) is 16.7 Å². The fourth-order valence-electron chi connectivity index (χ4n) is 2.66. The van der Waals surface area contributed by atoms with Gasteiger partial charge in [0.25, 0.3) is 5.91 Å². The van der Waals surface area contributed by atoms with Crippen LogP contribution in [0.1, 0.15) is 40.0 Å². The van der Waals surface area contributed by atoms with Gasteiger partial charge in [-0.2, -0.15) is 13.2 Å². The lowest BCUT2D eigenvalue weighted by Gasteiger charge is -2.17. The average Bonchev–Trinajstić information content (AvgIpc) is 2.60. The molecule has 0 spiro atoms. The van der Waals surface area contributed by atoms with Gasteiger partial charge in [-0.25, -0.2) is 13.1 Å². The van der Waals surface area contributed by atoms with E-state index in [1.54, 1.807) is 12.2 Å². The van der Waals surface area contributed by atoms with Crippen molar-refractivity contribution in [3.05, 3.63) is 64.7 Å². The van der Waals surface area contributed by atoms with Crippen molar-refractivity contribution in [1.82, 2.24) is 10.0 Å². The smallest absolute Gasteiger partial charge is 0.343 e. The summed E-state index contributed by atoms with van der Waals surface area (Å²) in [6.07, 6.45) is -4.52. The number of sulfonamides is 1. The molecule has 2 N–H and O–H groups in total. The number of aryl methyl sites for hydroxylation is 2. The van der Waals surface area contributed by atoms with E-state index in [9.17, 15) is 26.4 Å². The molecule has 0 heterocycles. The van der Waals surface area contributed by atoms with Gasteiger partial charge in [-0.3, -0.25) is 4.79 Å². The van der Waals surface area contributed by atoms with Crippen LogP contribution >= 0.6 is 0 Å². The highest BCUT2D eigenvalue weighted by Gasteiger charge is 2.28. The Balaban J connectivity index is 2.13. The van der Waals surface area contributed by atoms with E-state index in [-0.39, 0.29) is 10.5 Å². The summed E-state index contributed by atoms with van der Waals surface area (Å²) in [6.45, 7) is 4.06. The molecule has 2 rings (SSSR count). The zero-order chi connectivity index (χ0) is 21.1. The highest BCUT2D eigenvalue weighted by molar-refractivity contribution is 7.89. The van der Waals surface area contributed by atoms with Gasteiger partial charge in [0, 0.05) is 11.6 Å². The quantitative estimate of drug-likeness (QED) is 0.758. The number of carbonyl (C=O) groups is 1. The van der Waals surface area contributed by atoms with Gasteiger partial charge in [0.2, 0.25) is 10.0 Å². The van der Waals surface area contributed by atoms with E-state index in [1.165, 1.54) is 24.3 Å². The lowest BCUT2D eigenvalue weighted by Crippen LogP contribution is -2.33. The summed E-state index contributed by atoms with van der Waals surface area (Å²) in [5, 5.41) is 1.73. The van der Waals surface area contributed by atoms with E-state index < -0.39 is 34.7 Å². The van der Waals surface area contributed by atoms with Gasteiger partial charge in [-0.05, 0) is 56.2 Å². The zero-order valence-corrected chi connectivity index (χ0v) is 16.4. The Hall–Kier alpha value is -2.39. The Bertz CT molecular complexity index is 955. The fourth-order valence-corrected chi connectivity index (χ4v) is 3.88. The number of nitrogens with one attached hydrogen (secondary N) is 2. The van der Waals surface area contributed by atoms with Crippen LogP contribution in [0.2, 0.25) is 0 Å². The molecule has 0 saturated carbocycles. The summed E-state index contributed by atoms with van der Waals surface area (Å²) in [6, 6.07) is 9.95. The van der Waals surface area contributed by atoms with Crippen LogP contribution in [-0.4, -0.2) is 27.0 Å². The highest BCUT2D eigenvalue weighted by atomic mass is 32.2. The molecule has 2 aromatic rings. The first-order valence-electron chi connectivity index (χ1n) is 8.43. The molecule has 1 unspecified atom stereocenters. The summed E-state index contributed by atoms with van der Waals surface area (Å²) in [4.78, 5) is 11.6. The molecule has 0 aliphatic heterocycles. The number of carbonyl (C=O) groups excluding carboxylic acids is 1. The van der Waals surface area contributed by atoms with E-state index in [2.05, 4.69) is 4.72 Å². The summed E-state index contributed by atoms with van der Waals surface area (Å²) in [7, 11) is -3.88. The van der Waals surface area contributed by atoms with E-state index in [4.69, 9.17) is 0 Å². The highest BCUT2D eigenvalue weighted by Crippen LogP contribution is 2.22. The van der Waals surface area contributed by atoms with Crippen molar-refractivity contribution in [2.45, 2.75) is 37.9 Å². The number of amides is 1. The first-order chi connectivity index (χ1) is 12.9. The SMILES string of the molecule is Cc1ccc(C)c(C(C)NS(=O)(=O)c2ccc(C(=O)NCC(F)(F)F)cc2)c1. The Morgan fingerprint density at radius 1 is 1.07 bits per heavy atom. The molecular weight excluding hydrogens is 393 g/mol. The minimum absolute atomic E-state index is 0.0641. The molecule has 0 radical (unpaired) electrons. The molecule has 1 atom stereocenters. The third-order valence-corrected chi connectivity index (χ3v) is 5.67. The Labute approximate surface area is 162 Å². The minimum atomic E-state index is -4.52. The first kappa shape index (κ1) is 21.9. The molecule has 5 nitrogen and oxygen atoms in total. The molecule has 0 aliphatic carbocycles. The second-order valence-electron chi connectivity index (χ2n) is 6.53. The molecule has 0 fully saturated rings. The monoisotopic (exact) mass is 414 g/mol. The van der Waals surface area contributed by atoms with E-state index >= 15 is 0 Å². The summed E-state index contributed by atoms with van der Waals surface area (Å²) >= 11 is 0. The summed E-state index contributed by atoms with van der Waals surface area (Å²) in [5.41, 5.74) is 2.72.